The van der Waals surface area contributed by atoms with E-state index in [-0.39, 0.29) is 45.4 Å². The highest BCUT2D eigenvalue weighted by molar-refractivity contribution is 7.92. The highest BCUT2D eigenvalue weighted by Gasteiger charge is 2.35. The lowest BCUT2D eigenvalue weighted by Crippen LogP contribution is -2.45. The molecule has 0 aromatic heterocycles. The lowest BCUT2D eigenvalue weighted by Gasteiger charge is -2.35. The molecule has 3 aromatic carbocycles. The van der Waals surface area contributed by atoms with E-state index in [1.807, 2.05) is 6.07 Å². The van der Waals surface area contributed by atoms with Gasteiger partial charge in [-0.05, 0) is 48.0 Å². The van der Waals surface area contributed by atoms with Gasteiger partial charge in [0.05, 0.1) is 45.6 Å². The van der Waals surface area contributed by atoms with Gasteiger partial charge in [-0.3, -0.25) is 13.3 Å². The SMILES string of the molecule is CS(=O)(=O)OC[C@H]1CN(S(=O)(=O)c2cccc(C#N)c2)c2cc(CC(=O)c3c(F)cccc3Cl)ccc2O1. The van der Waals surface area contributed by atoms with Crippen molar-refractivity contribution in [2.24, 2.45) is 0 Å². The van der Waals surface area contributed by atoms with Gasteiger partial charge < -0.3 is 4.74 Å². The highest BCUT2D eigenvalue weighted by atomic mass is 35.5. The maximum Gasteiger partial charge on any atom is 0.264 e. The standard InChI is InChI=1S/C25H20ClFN2O7S2/c1-37(31,32)35-15-18-14-29(38(33,34)19-5-2-4-17(10-19)13-28)22-11-16(8-9-24(22)36-18)12-23(30)25-20(26)6-3-7-21(25)27/h2-11,18H,12,14-15H2,1H3/t18-/m1/s1. The number of nitrogens with zero attached hydrogens (tertiary/aromatic N) is 2. The summed E-state index contributed by atoms with van der Waals surface area (Å²) >= 11 is 6.01. The van der Waals surface area contributed by atoms with E-state index in [9.17, 15) is 31.3 Å². The van der Waals surface area contributed by atoms with Crippen LogP contribution in [0.2, 0.25) is 5.02 Å². The summed E-state index contributed by atoms with van der Waals surface area (Å²) in [4.78, 5) is 12.7. The second-order valence-electron chi connectivity index (χ2n) is 8.40. The number of Topliss-reactive ketones (excluding diaryl/α,β-unsaturated/α-hetero) is 1. The van der Waals surface area contributed by atoms with Crippen molar-refractivity contribution in [1.29, 1.82) is 5.26 Å². The molecule has 0 saturated carbocycles. The van der Waals surface area contributed by atoms with Crippen molar-refractivity contribution in [2.75, 3.05) is 23.7 Å². The smallest absolute Gasteiger partial charge is 0.264 e. The van der Waals surface area contributed by atoms with Crippen molar-refractivity contribution < 1.29 is 34.9 Å². The molecule has 0 unspecified atom stereocenters. The van der Waals surface area contributed by atoms with Gasteiger partial charge in [-0.25, -0.2) is 12.8 Å². The quantitative estimate of drug-likeness (QED) is 0.292. The Hall–Kier alpha value is -3.50. The normalized spacial score (nSPS) is 15.3. The van der Waals surface area contributed by atoms with E-state index in [0.717, 1.165) is 16.6 Å². The fraction of sp³-hybridized carbons (Fsp3) is 0.200. The number of hydrogen-bond donors (Lipinski definition) is 0. The Morgan fingerprint density at radius 3 is 2.58 bits per heavy atom. The van der Waals surface area contributed by atoms with Gasteiger partial charge in [-0.2, -0.15) is 13.7 Å². The largest absolute Gasteiger partial charge is 0.484 e. The van der Waals surface area contributed by atoms with Crippen LogP contribution >= 0.6 is 11.6 Å². The van der Waals surface area contributed by atoms with Gasteiger partial charge in [0.25, 0.3) is 20.1 Å². The number of fused-ring (bicyclic) bond motifs is 1. The molecule has 0 fully saturated rings. The molecule has 1 heterocycles. The molecule has 1 aliphatic rings. The van der Waals surface area contributed by atoms with Crippen LogP contribution in [0.5, 0.6) is 5.75 Å². The monoisotopic (exact) mass is 578 g/mol. The van der Waals surface area contributed by atoms with E-state index in [1.54, 1.807) is 0 Å². The Bertz CT molecular complexity index is 1650. The average molecular weight is 579 g/mol. The molecule has 0 N–H and O–H groups in total. The summed E-state index contributed by atoms with van der Waals surface area (Å²) in [7, 11) is -8.11. The van der Waals surface area contributed by atoms with E-state index < -0.39 is 44.5 Å². The van der Waals surface area contributed by atoms with Crippen molar-refractivity contribution in [1.82, 2.24) is 0 Å². The predicted octanol–water partition coefficient (Wildman–Crippen LogP) is 3.71. The second-order valence-corrected chi connectivity index (χ2v) is 12.3. The van der Waals surface area contributed by atoms with Crippen LogP contribution in [0.4, 0.5) is 10.1 Å². The summed E-state index contributed by atoms with van der Waals surface area (Å²) < 4.78 is 76.2. The third-order valence-electron chi connectivity index (χ3n) is 5.58. The number of anilines is 1. The number of benzene rings is 3. The molecule has 1 atom stereocenters. The van der Waals surface area contributed by atoms with Crippen molar-refractivity contribution in [3.63, 3.8) is 0 Å². The van der Waals surface area contributed by atoms with Crippen LogP contribution in [-0.4, -0.2) is 48.1 Å². The summed E-state index contributed by atoms with van der Waals surface area (Å²) in [5, 5.41) is 9.17. The van der Waals surface area contributed by atoms with E-state index in [4.69, 9.17) is 20.5 Å². The first-order valence-electron chi connectivity index (χ1n) is 11.0. The summed E-state index contributed by atoms with van der Waals surface area (Å²) in [5.74, 6) is -1.29. The van der Waals surface area contributed by atoms with Crippen LogP contribution in [0.15, 0.2) is 65.6 Å². The van der Waals surface area contributed by atoms with E-state index in [1.165, 1.54) is 54.6 Å². The lowest BCUT2D eigenvalue weighted by molar-refractivity contribution is 0.0989. The van der Waals surface area contributed by atoms with Crippen LogP contribution in [0.1, 0.15) is 21.5 Å². The molecule has 198 valence electrons. The Morgan fingerprint density at radius 1 is 1.16 bits per heavy atom. The molecule has 0 saturated heterocycles. The molecular formula is C25H20ClFN2O7S2. The Balaban J connectivity index is 1.74. The number of carbonyl (C=O) groups excluding carboxylic acids is 1. The maximum absolute atomic E-state index is 14.3. The first-order chi connectivity index (χ1) is 17.9. The Kier molecular flexibility index (Phi) is 7.75. The third-order valence-corrected chi connectivity index (χ3v) is 8.24. The zero-order valence-corrected chi connectivity index (χ0v) is 22.2. The number of nitriles is 1. The van der Waals surface area contributed by atoms with Crippen LogP contribution in [-0.2, 0) is 30.7 Å². The highest BCUT2D eigenvalue weighted by Crippen LogP contribution is 2.38. The molecule has 9 nitrogen and oxygen atoms in total. The van der Waals surface area contributed by atoms with E-state index in [0.29, 0.717) is 5.56 Å². The molecular weight excluding hydrogens is 559 g/mol. The molecule has 0 radical (unpaired) electrons. The molecule has 38 heavy (non-hydrogen) atoms. The molecule has 3 aromatic rings. The zero-order valence-electron chi connectivity index (χ0n) is 19.8. The first-order valence-corrected chi connectivity index (χ1v) is 14.7. The van der Waals surface area contributed by atoms with Crippen LogP contribution in [0.25, 0.3) is 0 Å². The second kappa shape index (κ2) is 10.7. The summed E-state index contributed by atoms with van der Waals surface area (Å²) in [5.41, 5.74) is 0.276. The number of carbonyl (C=O) groups is 1. The minimum absolute atomic E-state index is 0.0495. The molecule has 13 heteroatoms. The lowest BCUT2D eigenvalue weighted by atomic mass is 10.0. The van der Waals surface area contributed by atoms with Gasteiger partial charge in [0.2, 0.25) is 0 Å². The van der Waals surface area contributed by atoms with E-state index >= 15 is 0 Å². The van der Waals surface area contributed by atoms with Crippen LogP contribution in [0.3, 0.4) is 0 Å². The van der Waals surface area contributed by atoms with Gasteiger partial charge in [0.15, 0.2) is 5.78 Å². The van der Waals surface area contributed by atoms with Crippen LogP contribution in [0, 0.1) is 17.1 Å². The third kappa shape index (κ3) is 5.97. The van der Waals surface area contributed by atoms with Gasteiger partial charge in [-0.1, -0.05) is 29.8 Å². The topological polar surface area (TPSA) is 131 Å². The number of halogens is 2. The number of ether oxygens (including phenoxy) is 1. The van der Waals surface area contributed by atoms with Gasteiger partial charge in [0, 0.05) is 6.42 Å². The number of hydrogen-bond acceptors (Lipinski definition) is 8. The molecule has 0 aliphatic carbocycles. The average Bonchev–Trinajstić information content (AvgIpc) is 2.86. The van der Waals surface area contributed by atoms with Crippen molar-refractivity contribution in [2.45, 2.75) is 17.4 Å². The van der Waals surface area contributed by atoms with Crippen molar-refractivity contribution in [3.05, 3.63) is 88.2 Å². The maximum atomic E-state index is 14.3. The zero-order chi connectivity index (χ0) is 27.7. The Labute approximate surface area is 224 Å². The summed E-state index contributed by atoms with van der Waals surface area (Å²) in [6, 6.07) is 15.5. The molecule has 4 rings (SSSR count). The predicted molar refractivity (Wildman–Crippen MR) is 137 cm³/mol. The fourth-order valence-electron chi connectivity index (χ4n) is 3.87. The van der Waals surface area contributed by atoms with Crippen LogP contribution < -0.4 is 9.04 Å². The molecule has 0 amide bonds. The van der Waals surface area contributed by atoms with E-state index in [2.05, 4.69) is 0 Å². The summed E-state index contributed by atoms with van der Waals surface area (Å²) in [6.07, 6.45) is -0.417. The number of sulfonamides is 1. The first kappa shape index (κ1) is 27.5. The number of rotatable bonds is 8. The minimum atomic E-state index is -4.27. The fourth-order valence-corrected chi connectivity index (χ4v) is 6.09. The molecule has 0 bridgehead atoms. The minimum Gasteiger partial charge on any atom is -0.484 e. The summed E-state index contributed by atoms with van der Waals surface area (Å²) in [6.45, 7) is -0.771. The van der Waals surface area contributed by atoms with Gasteiger partial charge in [0.1, 0.15) is 24.3 Å². The Morgan fingerprint density at radius 2 is 1.89 bits per heavy atom. The molecule has 0 spiro atoms. The van der Waals surface area contributed by atoms with Gasteiger partial charge >= 0.3 is 0 Å². The molecule has 1 aliphatic heterocycles. The van der Waals surface area contributed by atoms with Gasteiger partial charge in [-0.15, -0.1) is 0 Å². The van der Waals surface area contributed by atoms with Crippen molar-refractivity contribution >= 4 is 43.2 Å². The number of ketones is 1. The van der Waals surface area contributed by atoms with Crippen molar-refractivity contribution in [3.8, 4) is 11.8 Å².